The lowest BCUT2D eigenvalue weighted by atomic mass is 10.0. The molecule has 0 aromatic heterocycles. The Morgan fingerprint density at radius 2 is 1.84 bits per heavy atom. The van der Waals surface area contributed by atoms with Gasteiger partial charge in [0.25, 0.3) is 5.91 Å². The third-order valence-electron chi connectivity index (χ3n) is 3.28. The molecule has 2 amide bonds. The van der Waals surface area contributed by atoms with Crippen LogP contribution in [0.3, 0.4) is 0 Å². The van der Waals surface area contributed by atoms with Crippen LogP contribution in [0.15, 0.2) is 53.8 Å². The lowest BCUT2D eigenvalue weighted by molar-refractivity contribution is -0.138. The van der Waals surface area contributed by atoms with Crippen molar-refractivity contribution >= 4 is 17.6 Å². The largest absolute Gasteiger partial charge is 0.306 e. The van der Waals surface area contributed by atoms with E-state index in [-0.39, 0.29) is 0 Å². The molecule has 3 rings (SSSR count). The highest BCUT2D eigenvalue weighted by molar-refractivity contribution is 6.48. The Morgan fingerprint density at radius 3 is 2.58 bits per heavy atom. The Bertz CT molecular complexity index is 641. The van der Waals surface area contributed by atoms with E-state index in [1.807, 2.05) is 6.08 Å². The van der Waals surface area contributed by atoms with Crippen LogP contribution in [0, 0.1) is 0 Å². The van der Waals surface area contributed by atoms with Gasteiger partial charge in [0.15, 0.2) is 0 Å². The first kappa shape index (κ1) is 11.6. The van der Waals surface area contributed by atoms with Crippen molar-refractivity contribution in [1.82, 2.24) is 4.90 Å². The smallest absolute Gasteiger partial charge is 0.283 e. The minimum absolute atomic E-state index is 0.399. The summed E-state index contributed by atoms with van der Waals surface area (Å²) in [6, 6.07) is 8.50. The lowest BCUT2D eigenvalue weighted by Crippen LogP contribution is -2.34. The topological polar surface area (TPSA) is 54.5 Å². The van der Waals surface area contributed by atoms with Crippen molar-refractivity contribution in [1.29, 1.82) is 0 Å². The molecule has 1 heterocycles. The zero-order chi connectivity index (χ0) is 13.4. The molecule has 1 aliphatic heterocycles. The molecule has 1 aromatic carbocycles. The molecule has 0 bridgehead atoms. The van der Waals surface area contributed by atoms with Crippen molar-refractivity contribution in [2.24, 2.45) is 0 Å². The zero-order valence-electron chi connectivity index (χ0n) is 10.1. The summed E-state index contributed by atoms with van der Waals surface area (Å²) < 4.78 is 0. The number of amides is 2. The minimum atomic E-state index is -0.745. The van der Waals surface area contributed by atoms with Crippen LogP contribution in [-0.2, 0) is 9.59 Å². The number of carbonyl (C=O) groups is 3. The summed E-state index contributed by atoms with van der Waals surface area (Å²) in [5.41, 5.74) is 1.29. The first-order valence-corrected chi connectivity index (χ1v) is 6.08. The first-order chi connectivity index (χ1) is 9.20. The molecule has 4 nitrogen and oxygen atoms in total. The quantitative estimate of drug-likeness (QED) is 0.567. The van der Waals surface area contributed by atoms with Crippen molar-refractivity contribution in [2.75, 3.05) is 0 Å². The van der Waals surface area contributed by atoms with E-state index in [1.54, 1.807) is 36.4 Å². The van der Waals surface area contributed by atoms with Gasteiger partial charge in [-0.2, -0.15) is 0 Å². The zero-order valence-corrected chi connectivity index (χ0v) is 10.1. The molecule has 94 valence electrons. The molecule has 0 unspecified atom stereocenters. The van der Waals surface area contributed by atoms with Crippen LogP contribution in [0.2, 0.25) is 0 Å². The second-order valence-electron chi connectivity index (χ2n) is 4.45. The predicted octanol–water partition coefficient (Wildman–Crippen LogP) is 1.84. The number of hydrogen-bond acceptors (Lipinski definition) is 3. The van der Waals surface area contributed by atoms with Crippen LogP contribution in [0.4, 0.5) is 0 Å². The van der Waals surface area contributed by atoms with E-state index in [4.69, 9.17) is 0 Å². The maximum atomic E-state index is 12.3. The van der Waals surface area contributed by atoms with E-state index in [0.29, 0.717) is 23.3 Å². The third-order valence-corrected chi connectivity index (χ3v) is 3.28. The monoisotopic (exact) mass is 253 g/mol. The van der Waals surface area contributed by atoms with Gasteiger partial charge in [-0.15, -0.1) is 0 Å². The van der Waals surface area contributed by atoms with Gasteiger partial charge in [-0.1, -0.05) is 24.3 Å². The highest BCUT2D eigenvalue weighted by Crippen LogP contribution is 2.30. The molecule has 19 heavy (non-hydrogen) atoms. The molecule has 1 aromatic rings. The molecule has 1 aliphatic carbocycles. The summed E-state index contributed by atoms with van der Waals surface area (Å²) in [6.45, 7) is 0. The number of benzene rings is 1. The van der Waals surface area contributed by atoms with Gasteiger partial charge in [0.1, 0.15) is 0 Å². The van der Waals surface area contributed by atoms with E-state index in [2.05, 4.69) is 0 Å². The van der Waals surface area contributed by atoms with Crippen LogP contribution in [-0.4, -0.2) is 22.5 Å². The van der Waals surface area contributed by atoms with Crippen LogP contribution < -0.4 is 0 Å². The average Bonchev–Trinajstić information content (AvgIpc) is 2.72. The molecule has 0 atom stereocenters. The Hall–Kier alpha value is -2.49. The molecule has 0 fully saturated rings. The van der Waals surface area contributed by atoms with Gasteiger partial charge in [0, 0.05) is 11.1 Å². The number of nitrogens with zero attached hydrogens (tertiary/aromatic N) is 1. The van der Waals surface area contributed by atoms with Crippen molar-refractivity contribution in [3.05, 3.63) is 59.3 Å². The summed E-state index contributed by atoms with van der Waals surface area (Å²) in [5, 5.41) is 0. The van der Waals surface area contributed by atoms with Crippen LogP contribution in [0.25, 0.3) is 0 Å². The van der Waals surface area contributed by atoms with E-state index < -0.39 is 17.6 Å². The standard InChI is InChI=1S/C15H11NO3/c17-13-11-8-4-5-9-12(11)16(15(13)19)14(18)10-6-2-1-3-7-10/h1-3,5-7,9H,4,8H2. The lowest BCUT2D eigenvalue weighted by Gasteiger charge is -2.17. The molecule has 4 heteroatoms. The van der Waals surface area contributed by atoms with Gasteiger partial charge in [-0.25, -0.2) is 4.90 Å². The number of hydrogen-bond donors (Lipinski definition) is 0. The summed E-state index contributed by atoms with van der Waals surface area (Å²) in [4.78, 5) is 37.1. The normalized spacial score (nSPS) is 18.0. The minimum Gasteiger partial charge on any atom is -0.283 e. The average molecular weight is 253 g/mol. The molecule has 0 radical (unpaired) electrons. The second kappa shape index (κ2) is 4.31. The molecule has 2 aliphatic rings. The number of carbonyl (C=O) groups excluding carboxylic acids is 3. The maximum Gasteiger partial charge on any atom is 0.306 e. The number of allylic oxidation sites excluding steroid dienone is 2. The van der Waals surface area contributed by atoms with Crippen molar-refractivity contribution in [3.63, 3.8) is 0 Å². The van der Waals surface area contributed by atoms with Gasteiger partial charge in [0.2, 0.25) is 5.78 Å². The fraction of sp³-hybridized carbons (Fsp3) is 0.133. The van der Waals surface area contributed by atoms with E-state index in [1.165, 1.54) is 0 Å². The van der Waals surface area contributed by atoms with Crippen LogP contribution >= 0.6 is 0 Å². The Morgan fingerprint density at radius 1 is 1.11 bits per heavy atom. The molecular formula is C15H11NO3. The molecule has 0 saturated heterocycles. The van der Waals surface area contributed by atoms with Gasteiger partial charge >= 0.3 is 5.91 Å². The van der Waals surface area contributed by atoms with E-state index in [9.17, 15) is 14.4 Å². The van der Waals surface area contributed by atoms with Crippen molar-refractivity contribution in [3.8, 4) is 0 Å². The van der Waals surface area contributed by atoms with Crippen LogP contribution in [0.5, 0.6) is 0 Å². The molecule has 0 saturated carbocycles. The molecule has 0 spiro atoms. The van der Waals surface area contributed by atoms with Gasteiger partial charge in [0.05, 0.1) is 5.70 Å². The number of rotatable bonds is 1. The number of ketones is 1. The fourth-order valence-electron chi connectivity index (χ4n) is 2.34. The first-order valence-electron chi connectivity index (χ1n) is 6.08. The maximum absolute atomic E-state index is 12.3. The fourth-order valence-corrected chi connectivity index (χ4v) is 2.34. The Labute approximate surface area is 110 Å². The SMILES string of the molecule is O=C1C(=O)N(C(=O)c2ccccc2)C2=C1CCC=C2. The highest BCUT2D eigenvalue weighted by Gasteiger charge is 2.41. The summed E-state index contributed by atoms with van der Waals surface area (Å²) in [5.74, 6) is -1.75. The number of imide groups is 1. The summed E-state index contributed by atoms with van der Waals surface area (Å²) in [7, 11) is 0. The Kier molecular flexibility index (Phi) is 2.63. The number of Topliss-reactive ketones (excluding diaryl/α,β-unsaturated/α-hetero) is 1. The second-order valence-corrected chi connectivity index (χ2v) is 4.45. The van der Waals surface area contributed by atoms with Gasteiger partial charge in [-0.3, -0.25) is 14.4 Å². The Balaban J connectivity index is 2.03. The predicted molar refractivity (Wildman–Crippen MR) is 68.0 cm³/mol. The third kappa shape index (κ3) is 1.73. The molecular weight excluding hydrogens is 242 g/mol. The van der Waals surface area contributed by atoms with Crippen molar-refractivity contribution in [2.45, 2.75) is 12.8 Å². The van der Waals surface area contributed by atoms with Crippen molar-refractivity contribution < 1.29 is 14.4 Å². The summed E-state index contributed by atoms with van der Waals surface area (Å²) in [6.07, 6.45) is 4.80. The van der Waals surface area contributed by atoms with Crippen LogP contribution in [0.1, 0.15) is 23.2 Å². The van der Waals surface area contributed by atoms with E-state index >= 15 is 0 Å². The molecule has 0 N–H and O–H groups in total. The van der Waals surface area contributed by atoms with E-state index in [0.717, 1.165) is 11.3 Å². The van der Waals surface area contributed by atoms with Gasteiger partial charge < -0.3 is 0 Å². The summed E-state index contributed by atoms with van der Waals surface area (Å²) >= 11 is 0. The van der Waals surface area contributed by atoms with Gasteiger partial charge in [-0.05, 0) is 31.1 Å². The highest BCUT2D eigenvalue weighted by atomic mass is 16.2.